The van der Waals surface area contributed by atoms with Crippen LogP contribution < -0.4 is 0 Å². The van der Waals surface area contributed by atoms with Crippen molar-refractivity contribution in [2.45, 2.75) is 13.3 Å². The molecule has 1 saturated heterocycles. The summed E-state index contributed by atoms with van der Waals surface area (Å²) in [5.41, 5.74) is 1.23. The minimum atomic E-state index is 0.0152. The molecule has 1 aliphatic heterocycles. The minimum Gasteiger partial charge on any atom is -0.395 e. The fraction of sp³-hybridized carbons (Fsp3) is 0.500. The number of piperazine rings is 1. The van der Waals surface area contributed by atoms with Gasteiger partial charge in [0, 0.05) is 45.0 Å². The number of aromatic nitrogens is 1. The van der Waals surface area contributed by atoms with Gasteiger partial charge in [0.15, 0.2) is 0 Å². The zero-order chi connectivity index (χ0) is 15.1. The van der Waals surface area contributed by atoms with Crippen molar-refractivity contribution in [1.29, 1.82) is 0 Å². The number of amides is 1. The van der Waals surface area contributed by atoms with Gasteiger partial charge < -0.3 is 14.9 Å². The van der Waals surface area contributed by atoms with Crippen LogP contribution in [0.5, 0.6) is 0 Å². The van der Waals surface area contributed by atoms with Crippen molar-refractivity contribution in [2.75, 3.05) is 39.3 Å². The molecule has 0 unspecified atom stereocenters. The highest BCUT2D eigenvalue weighted by molar-refractivity contribution is 5.96. The number of pyridine rings is 1. The SMILES string of the molecule is CCN1CCN(C(=O)c2ccncc2C#CCCO)CC1. The second-order valence-corrected chi connectivity index (χ2v) is 4.92. The first kappa shape index (κ1) is 15.5. The van der Waals surface area contributed by atoms with Crippen LogP contribution in [0.25, 0.3) is 0 Å². The molecule has 1 amide bonds. The van der Waals surface area contributed by atoms with Crippen LogP contribution in [0.15, 0.2) is 18.5 Å². The molecule has 5 nitrogen and oxygen atoms in total. The van der Waals surface area contributed by atoms with E-state index in [-0.39, 0.29) is 12.5 Å². The van der Waals surface area contributed by atoms with Gasteiger partial charge >= 0.3 is 0 Å². The molecule has 2 rings (SSSR count). The summed E-state index contributed by atoms with van der Waals surface area (Å²) in [6.07, 6.45) is 3.63. The summed E-state index contributed by atoms with van der Waals surface area (Å²) in [5.74, 6) is 5.79. The Hall–Kier alpha value is -1.90. The Kier molecular flexibility index (Phi) is 5.73. The molecule has 21 heavy (non-hydrogen) atoms. The lowest BCUT2D eigenvalue weighted by Gasteiger charge is -2.34. The summed E-state index contributed by atoms with van der Waals surface area (Å²) in [6, 6.07) is 1.72. The standard InChI is InChI=1S/C16H21N3O2/c1-2-18-8-10-19(11-9-18)16(21)15-6-7-17-13-14(15)5-3-4-12-20/h6-7,13,20H,2,4,8-12H2,1H3. The van der Waals surface area contributed by atoms with Gasteiger partial charge in [0.25, 0.3) is 5.91 Å². The van der Waals surface area contributed by atoms with Crippen LogP contribution in [-0.2, 0) is 0 Å². The van der Waals surface area contributed by atoms with E-state index in [2.05, 4.69) is 28.6 Å². The second-order valence-electron chi connectivity index (χ2n) is 4.92. The van der Waals surface area contributed by atoms with E-state index in [1.54, 1.807) is 18.5 Å². The Labute approximate surface area is 125 Å². The van der Waals surface area contributed by atoms with Crippen LogP contribution >= 0.6 is 0 Å². The number of hydrogen-bond acceptors (Lipinski definition) is 4. The number of hydrogen-bond donors (Lipinski definition) is 1. The summed E-state index contributed by atoms with van der Waals surface area (Å²) in [6.45, 7) is 6.51. The number of aliphatic hydroxyl groups excluding tert-OH is 1. The average Bonchev–Trinajstić information content (AvgIpc) is 2.55. The molecular weight excluding hydrogens is 266 g/mol. The third-order valence-corrected chi connectivity index (χ3v) is 3.62. The lowest BCUT2D eigenvalue weighted by molar-refractivity contribution is 0.0643. The van der Waals surface area contributed by atoms with Crippen molar-refractivity contribution < 1.29 is 9.90 Å². The van der Waals surface area contributed by atoms with Crippen LogP contribution in [0.2, 0.25) is 0 Å². The summed E-state index contributed by atoms with van der Waals surface area (Å²) < 4.78 is 0. The molecule has 0 atom stereocenters. The molecule has 1 aliphatic rings. The maximum Gasteiger partial charge on any atom is 0.255 e. The number of likely N-dealkylation sites (N-methyl/N-ethyl adjacent to an activating group) is 1. The normalized spacial score (nSPS) is 15.4. The summed E-state index contributed by atoms with van der Waals surface area (Å²) >= 11 is 0. The first-order valence-corrected chi connectivity index (χ1v) is 7.31. The van der Waals surface area contributed by atoms with Crippen molar-refractivity contribution in [3.8, 4) is 11.8 Å². The van der Waals surface area contributed by atoms with Gasteiger partial charge in [-0.25, -0.2) is 0 Å². The van der Waals surface area contributed by atoms with E-state index in [1.807, 2.05) is 4.90 Å². The molecule has 1 aromatic heterocycles. The number of carbonyl (C=O) groups excluding carboxylic acids is 1. The van der Waals surface area contributed by atoms with Crippen molar-refractivity contribution in [2.24, 2.45) is 0 Å². The highest BCUT2D eigenvalue weighted by atomic mass is 16.2. The van der Waals surface area contributed by atoms with Crippen molar-refractivity contribution in [3.05, 3.63) is 29.6 Å². The topological polar surface area (TPSA) is 56.7 Å². The molecule has 0 spiro atoms. The minimum absolute atomic E-state index is 0.0152. The van der Waals surface area contributed by atoms with Gasteiger partial charge in [-0.3, -0.25) is 9.78 Å². The lowest BCUT2D eigenvalue weighted by atomic mass is 10.1. The van der Waals surface area contributed by atoms with E-state index in [0.29, 0.717) is 17.5 Å². The fourth-order valence-electron chi connectivity index (χ4n) is 2.33. The fourth-order valence-corrected chi connectivity index (χ4v) is 2.33. The molecular formula is C16H21N3O2. The van der Waals surface area contributed by atoms with E-state index in [4.69, 9.17) is 5.11 Å². The van der Waals surface area contributed by atoms with Crippen LogP contribution in [0.1, 0.15) is 29.3 Å². The largest absolute Gasteiger partial charge is 0.395 e. The second kappa shape index (κ2) is 7.77. The van der Waals surface area contributed by atoms with Crippen molar-refractivity contribution >= 4 is 5.91 Å². The molecule has 2 heterocycles. The quantitative estimate of drug-likeness (QED) is 0.827. The van der Waals surface area contributed by atoms with Crippen molar-refractivity contribution in [1.82, 2.24) is 14.8 Å². The zero-order valence-electron chi connectivity index (χ0n) is 12.4. The van der Waals surface area contributed by atoms with E-state index in [9.17, 15) is 4.79 Å². The third-order valence-electron chi connectivity index (χ3n) is 3.62. The number of nitrogens with zero attached hydrogens (tertiary/aromatic N) is 3. The zero-order valence-corrected chi connectivity index (χ0v) is 12.4. The van der Waals surface area contributed by atoms with Gasteiger partial charge in [0.2, 0.25) is 0 Å². The molecule has 0 aromatic carbocycles. The van der Waals surface area contributed by atoms with Gasteiger partial charge in [0.1, 0.15) is 0 Å². The van der Waals surface area contributed by atoms with Gasteiger partial charge in [-0.1, -0.05) is 18.8 Å². The molecule has 112 valence electrons. The summed E-state index contributed by atoms with van der Waals surface area (Å²) in [7, 11) is 0. The van der Waals surface area contributed by atoms with Gasteiger partial charge in [-0.15, -0.1) is 0 Å². The monoisotopic (exact) mass is 287 g/mol. The molecule has 1 fully saturated rings. The summed E-state index contributed by atoms with van der Waals surface area (Å²) in [4.78, 5) is 20.8. The summed E-state index contributed by atoms with van der Waals surface area (Å²) in [5, 5.41) is 8.78. The third kappa shape index (κ3) is 4.03. The number of aliphatic hydroxyl groups is 1. The maximum absolute atomic E-state index is 12.6. The number of rotatable bonds is 3. The highest BCUT2D eigenvalue weighted by Gasteiger charge is 2.22. The van der Waals surface area contributed by atoms with E-state index in [0.717, 1.165) is 32.7 Å². The molecule has 0 aliphatic carbocycles. The predicted octanol–water partition coefficient (Wildman–Crippen LogP) is 0.593. The Morgan fingerprint density at radius 3 is 2.81 bits per heavy atom. The van der Waals surface area contributed by atoms with Gasteiger partial charge in [-0.2, -0.15) is 0 Å². The Morgan fingerprint density at radius 2 is 2.14 bits per heavy atom. The Morgan fingerprint density at radius 1 is 1.38 bits per heavy atom. The number of carbonyl (C=O) groups is 1. The molecule has 1 aromatic rings. The van der Waals surface area contributed by atoms with E-state index in [1.165, 1.54) is 0 Å². The Balaban J connectivity index is 2.11. The van der Waals surface area contributed by atoms with Gasteiger partial charge in [0.05, 0.1) is 17.7 Å². The van der Waals surface area contributed by atoms with Gasteiger partial charge in [-0.05, 0) is 12.6 Å². The average molecular weight is 287 g/mol. The smallest absolute Gasteiger partial charge is 0.255 e. The Bertz CT molecular complexity index is 540. The predicted molar refractivity (Wildman–Crippen MR) is 80.8 cm³/mol. The van der Waals surface area contributed by atoms with Crippen LogP contribution in [0.4, 0.5) is 0 Å². The van der Waals surface area contributed by atoms with Crippen LogP contribution in [0, 0.1) is 11.8 Å². The highest BCUT2D eigenvalue weighted by Crippen LogP contribution is 2.12. The molecule has 0 saturated carbocycles. The van der Waals surface area contributed by atoms with Crippen LogP contribution in [0.3, 0.4) is 0 Å². The molecule has 5 heteroatoms. The van der Waals surface area contributed by atoms with Crippen molar-refractivity contribution in [3.63, 3.8) is 0 Å². The van der Waals surface area contributed by atoms with Crippen LogP contribution in [-0.4, -0.2) is 65.1 Å². The molecule has 1 N–H and O–H groups in total. The first-order valence-electron chi connectivity index (χ1n) is 7.31. The first-order chi connectivity index (χ1) is 10.3. The lowest BCUT2D eigenvalue weighted by Crippen LogP contribution is -2.48. The molecule has 0 radical (unpaired) electrons. The van der Waals surface area contributed by atoms with E-state index < -0.39 is 0 Å². The maximum atomic E-state index is 12.6. The van der Waals surface area contributed by atoms with E-state index >= 15 is 0 Å². The molecule has 0 bridgehead atoms.